The van der Waals surface area contributed by atoms with Crippen LogP contribution in [0.4, 0.5) is 22.1 Å². The topological polar surface area (TPSA) is 85.1 Å². The lowest BCUT2D eigenvalue weighted by molar-refractivity contribution is 0.254. The molecule has 0 saturated carbocycles. The maximum atomic E-state index is 13.1. The molecule has 7 nitrogen and oxygen atoms in total. The minimum Gasteiger partial charge on any atom is -0.366 e. The monoisotopic (exact) mass is 382 g/mol. The molecule has 1 aromatic carbocycles. The molecule has 2 aliphatic heterocycles. The summed E-state index contributed by atoms with van der Waals surface area (Å²) in [6.45, 7) is 1.70. The highest BCUT2D eigenvalue weighted by atomic mass is 16.2. The summed E-state index contributed by atoms with van der Waals surface area (Å²) in [5, 5.41) is 12.1. The zero-order chi connectivity index (χ0) is 19.8. The van der Waals surface area contributed by atoms with Gasteiger partial charge in [-0.3, -0.25) is 10.2 Å². The van der Waals surface area contributed by atoms with Gasteiger partial charge in [-0.1, -0.05) is 18.2 Å². The van der Waals surface area contributed by atoms with Crippen LogP contribution < -0.4 is 15.1 Å². The van der Waals surface area contributed by atoms with Crippen LogP contribution in [0.2, 0.25) is 0 Å². The van der Waals surface area contributed by atoms with E-state index < -0.39 is 0 Å². The molecule has 4 heterocycles. The largest absolute Gasteiger partial charge is 0.366 e. The van der Waals surface area contributed by atoms with Crippen molar-refractivity contribution < 1.29 is 4.79 Å². The fourth-order valence-corrected chi connectivity index (χ4v) is 3.99. The molecule has 0 spiro atoms. The van der Waals surface area contributed by atoms with Crippen LogP contribution in [-0.4, -0.2) is 35.1 Å². The first-order chi connectivity index (χ1) is 14.2. The summed E-state index contributed by atoms with van der Waals surface area (Å²) >= 11 is 0. The van der Waals surface area contributed by atoms with E-state index >= 15 is 0 Å². The number of rotatable bonds is 2. The molecule has 0 aliphatic carbocycles. The van der Waals surface area contributed by atoms with Crippen molar-refractivity contribution in [1.82, 2.24) is 9.97 Å². The second kappa shape index (κ2) is 6.91. The first kappa shape index (κ1) is 17.2. The number of urea groups is 1. The molecular weight excluding hydrogens is 364 g/mol. The molecule has 1 N–H and O–H groups in total. The summed E-state index contributed by atoms with van der Waals surface area (Å²) < 4.78 is 0. The standard InChI is InChI=1S/C22H18N6O/c23-13-15-4-3-5-16(12-15)18-7-8-19-21(25-18)28(17-9-11-27(19)14-17)22(29)26-20-6-1-2-10-24-20/h1-8,10,12,17H,9,11,14H2,(H,24,26,29)/t17-/m0/s1. The van der Waals surface area contributed by atoms with Crippen molar-refractivity contribution in [2.24, 2.45) is 0 Å². The molecule has 2 amide bonds. The van der Waals surface area contributed by atoms with E-state index in [-0.39, 0.29) is 12.1 Å². The Kier molecular flexibility index (Phi) is 4.10. The molecule has 0 radical (unpaired) electrons. The summed E-state index contributed by atoms with van der Waals surface area (Å²) in [5.41, 5.74) is 3.12. The highest BCUT2D eigenvalue weighted by Crippen LogP contribution is 2.40. The van der Waals surface area contributed by atoms with Gasteiger partial charge in [0.2, 0.25) is 0 Å². The third kappa shape index (κ3) is 3.05. The number of benzene rings is 1. The van der Waals surface area contributed by atoms with E-state index in [0.29, 0.717) is 17.2 Å². The minimum absolute atomic E-state index is 0.0689. The number of hydrogen-bond acceptors (Lipinski definition) is 5. The number of carbonyl (C=O) groups is 1. The Bertz CT molecular complexity index is 1120. The Morgan fingerprint density at radius 2 is 2.10 bits per heavy atom. The number of hydrogen-bond donors (Lipinski definition) is 1. The smallest absolute Gasteiger partial charge is 0.329 e. The third-order valence-electron chi connectivity index (χ3n) is 5.36. The maximum absolute atomic E-state index is 13.1. The molecule has 29 heavy (non-hydrogen) atoms. The maximum Gasteiger partial charge on any atom is 0.329 e. The summed E-state index contributed by atoms with van der Waals surface area (Å²) in [5.74, 6) is 1.16. The van der Waals surface area contributed by atoms with Crippen LogP contribution >= 0.6 is 0 Å². The quantitative estimate of drug-likeness (QED) is 0.731. The molecule has 1 fully saturated rings. The summed E-state index contributed by atoms with van der Waals surface area (Å²) in [7, 11) is 0. The minimum atomic E-state index is -0.230. The number of amides is 2. The van der Waals surface area contributed by atoms with E-state index in [1.807, 2.05) is 42.5 Å². The molecule has 7 heteroatoms. The molecule has 2 aliphatic rings. The SMILES string of the molecule is N#Cc1cccc(-c2ccc3c(n2)N(C(=O)Nc2ccccn2)[C@H]2CCN3C2)c1. The van der Waals surface area contributed by atoms with E-state index in [4.69, 9.17) is 4.98 Å². The van der Waals surface area contributed by atoms with Gasteiger partial charge in [0.15, 0.2) is 5.82 Å². The van der Waals surface area contributed by atoms with Gasteiger partial charge in [0.1, 0.15) is 5.82 Å². The van der Waals surface area contributed by atoms with Gasteiger partial charge in [-0.15, -0.1) is 0 Å². The van der Waals surface area contributed by atoms with E-state index in [0.717, 1.165) is 36.5 Å². The summed E-state index contributed by atoms with van der Waals surface area (Å²) in [6.07, 6.45) is 2.54. The number of fused-ring (bicyclic) bond motifs is 4. The van der Waals surface area contributed by atoms with Crippen LogP contribution in [0.3, 0.4) is 0 Å². The molecule has 1 saturated heterocycles. The molecule has 5 rings (SSSR count). The second-order valence-corrected chi connectivity index (χ2v) is 7.14. The number of nitrogens with one attached hydrogen (secondary N) is 1. The van der Waals surface area contributed by atoms with Crippen molar-refractivity contribution in [1.29, 1.82) is 5.26 Å². The van der Waals surface area contributed by atoms with Crippen LogP contribution in [0, 0.1) is 11.3 Å². The predicted molar refractivity (Wildman–Crippen MR) is 111 cm³/mol. The highest BCUT2D eigenvalue weighted by molar-refractivity contribution is 6.04. The van der Waals surface area contributed by atoms with Crippen molar-refractivity contribution in [2.45, 2.75) is 12.5 Å². The van der Waals surface area contributed by atoms with E-state index in [1.165, 1.54) is 0 Å². The van der Waals surface area contributed by atoms with Crippen molar-refractivity contribution in [3.8, 4) is 17.3 Å². The number of anilines is 3. The van der Waals surface area contributed by atoms with E-state index in [1.54, 1.807) is 23.2 Å². The Balaban J connectivity index is 1.55. The highest BCUT2D eigenvalue weighted by Gasteiger charge is 2.40. The average Bonchev–Trinajstić information content (AvgIpc) is 3.18. The van der Waals surface area contributed by atoms with Gasteiger partial charge >= 0.3 is 6.03 Å². The van der Waals surface area contributed by atoms with Gasteiger partial charge in [0, 0.05) is 24.8 Å². The fourth-order valence-electron chi connectivity index (χ4n) is 3.99. The van der Waals surface area contributed by atoms with Crippen LogP contribution in [0.1, 0.15) is 12.0 Å². The second-order valence-electron chi connectivity index (χ2n) is 7.14. The zero-order valence-corrected chi connectivity index (χ0v) is 15.6. The molecule has 3 aromatic rings. The van der Waals surface area contributed by atoms with Gasteiger partial charge < -0.3 is 4.90 Å². The Labute approximate surface area is 168 Å². The summed E-state index contributed by atoms with van der Waals surface area (Å²) in [4.78, 5) is 26.2. The van der Waals surface area contributed by atoms with Crippen molar-refractivity contribution in [2.75, 3.05) is 28.2 Å². The van der Waals surface area contributed by atoms with Gasteiger partial charge in [-0.25, -0.2) is 14.8 Å². The van der Waals surface area contributed by atoms with Crippen LogP contribution in [0.5, 0.6) is 0 Å². The van der Waals surface area contributed by atoms with Crippen molar-refractivity contribution in [3.05, 3.63) is 66.4 Å². The van der Waals surface area contributed by atoms with Gasteiger partial charge in [-0.05, 0) is 42.8 Å². The first-order valence-corrected chi connectivity index (χ1v) is 9.51. The number of pyridine rings is 2. The van der Waals surface area contributed by atoms with Gasteiger partial charge in [0.05, 0.1) is 29.1 Å². The van der Waals surface area contributed by atoms with Crippen molar-refractivity contribution in [3.63, 3.8) is 0 Å². The number of aromatic nitrogens is 2. The fraction of sp³-hybridized carbons (Fsp3) is 0.182. The van der Waals surface area contributed by atoms with E-state index in [9.17, 15) is 10.1 Å². The van der Waals surface area contributed by atoms with Crippen LogP contribution in [0.25, 0.3) is 11.3 Å². The molecule has 1 atom stereocenters. The average molecular weight is 382 g/mol. The van der Waals surface area contributed by atoms with Crippen LogP contribution in [0.15, 0.2) is 60.8 Å². The Morgan fingerprint density at radius 3 is 2.93 bits per heavy atom. The number of carbonyl (C=O) groups excluding carboxylic acids is 1. The number of nitrogens with zero attached hydrogens (tertiary/aromatic N) is 5. The van der Waals surface area contributed by atoms with E-state index in [2.05, 4.69) is 21.3 Å². The third-order valence-corrected chi connectivity index (χ3v) is 5.36. The first-order valence-electron chi connectivity index (χ1n) is 9.51. The normalized spacial score (nSPS) is 16.9. The number of nitriles is 1. The lowest BCUT2D eigenvalue weighted by Gasteiger charge is -2.35. The van der Waals surface area contributed by atoms with Crippen molar-refractivity contribution >= 4 is 23.4 Å². The molecule has 2 bridgehead atoms. The summed E-state index contributed by atoms with van der Waals surface area (Å²) in [6, 6.07) is 18.7. The molecule has 142 valence electrons. The Hall–Kier alpha value is -3.92. The predicted octanol–water partition coefficient (Wildman–Crippen LogP) is 3.65. The van der Waals surface area contributed by atoms with Crippen LogP contribution in [-0.2, 0) is 0 Å². The zero-order valence-electron chi connectivity index (χ0n) is 15.6. The Morgan fingerprint density at radius 1 is 1.17 bits per heavy atom. The molecular formula is C22H18N6O. The molecule has 0 unspecified atom stereocenters. The molecule has 2 aromatic heterocycles. The van der Waals surface area contributed by atoms with Gasteiger partial charge in [-0.2, -0.15) is 5.26 Å². The lowest BCUT2D eigenvalue weighted by Crippen LogP contribution is -2.48. The van der Waals surface area contributed by atoms with Gasteiger partial charge in [0.25, 0.3) is 0 Å². The lowest BCUT2D eigenvalue weighted by atomic mass is 10.1.